The van der Waals surface area contributed by atoms with Crippen molar-refractivity contribution in [1.29, 1.82) is 0 Å². The Hall–Kier alpha value is -3.56. The second kappa shape index (κ2) is 13.9. The minimum absolute atomic E-state index is 0.0123. The predicted molar refractivity (Wildman–Crippen MR) is 171 cm³/mol. The molecule has 1 aromatic heterocycles. The minimum Gasteiger partial charge on any atom is -0.497 e. The maximum absolute atomic E-state index is 15.7. The first kappa shape index (κ1) is 33.3. The van der Waals surface area contributed by atoms with Crippen molar-refractivity contribution in [3.63, 3.8) is 0 Å². The predicted octanol–water partition coefficient (Wildman–Crippen LogP) is 6.59. The van der Waals surface area contributed by atoms with E-state index in [0.717, 1.165) is 33.9 Å². The molecule has 1 saturated carbocycles. The fraction of sp³-hybridized carbons (Fsp3) is 0.375. The number of ether oxygens (including phenoxy) is 5. The zero-order chi connectivity index (χ0) is 33.2. The van der Waals surface area contributed by atoms with Crippen molar-refractivity contribution in [1.82, 2.24) is 9.36 Å². The Morgan fingerprint density at radius 2 is 1.79 bits per heavy atom. The van der Waals surface area contributed by atoms with Crippen LogP contribution in [0.4, 0.5) is 13.9 Å². The van der Waals surface area contributed by atoms with Crippen LogP contribution in [-0.4, -0.2) is 57.6 Å². The molecule has 47 heavy (non-hydrogen) atoms. The molecule has 0 N–H and O–H groups in total. The Morgan fingerprint density at radius 3 is 2.47 bits per heavy atom. The summed E-state index contributed by atoms with van der Waals surface area (Å²) in [6.45, 7) is 0.671. The topological polar surface area (TPSA) is 109 Å². The molecule has 4 aromatic rings. The van der Waals surface area contributed by atoms with Gasteiger partial charge in [0, 0.05) is 59.1 Å². The van der Waals surface area contributed by atoms with Crippen molar-refractivity contribution in [2.45, 2.75) is 42.4 Å². The van der Waals surface area contributed by atoms with E-state index < -0.39 is 38.1 Å². The van der Waals surface area contributed by atoms with Crippen LogP contribution in [0.1, 0.15) is 36.3 Å². The third-order valence-corrected chi connectivity index (χ3v) is 11.3. The average Bonchev–Trinajstić information content (AvgIpc) is 3.77. The van der Waals surface area contributed by atoms with Gasteiger partial charge in [0.1, 0.15) is 28.5 Å². The highest BCUT2D eigenvalue weighted by Crippen LogP contribution is 2.46. The van der Waals surface area contributed by atoms with Crippen molar-refractivity contribution >= 4 is 38.3 Å². The number of rotatable bonds is 11. The van der Waals surface area contributed by atoms with Crippen molar-refractivity contribution < 1.29 is 40.9 Å². The molecule has 15 heteroatoms. The van der Waals surface area contributed by atoms with Gasteiger partial charge in [-0.15, -0.1) is 0 Å². The summed E-state index contributed by atoms with van der Waals surface area (Å²) < 4.78 is 92.4. The lowest BCUT2D eigenvalue weighted by Gasteiger charge is -2.41. The molecule has 0 radical (unpaired) electrons. The Bertz CT molecular complexity index is 1810. The number of hydrogen-bond donors (Lipinski definition) is 0. The monoisotopic (exact) mass is 707 g/mol. The fourth-order valence-corrected chi connectivity index (χ4v) is 8.46. The van der Waals surface area contributed by atoms with Gasteiger partial charge in [-0.25, -0.2) is 26.5 Å². The molecular formula is C32H32ClF2N3O7S2. The number of sulfonamides is 1. The lowest BCUT2D eigenvalue weighted by Crippen LogP contribution is -2.41. The second-order valence-corrected chi connectivity index (χ2v) is 14.2. The van der Waals surface area contributed by atoms with E-state index >= 15 is 8.78 Å². The SMILES string of the molecule is COc1ccc(CN(c2ncns2)S(=O)(=O)c2cc(F)c(OCC3CC4(CCC3c3ccc(Cl)cc3)OCCO4)cc2F)c(OC)c1. The molecule has 2 atom stereocenters. The zero-order valence-electron chi connectivity index (χ0n) is 25.5. The van der Waals surface area contributed by atoms with Crippen LogP contribution >= 0.6 is 23.1 Å². The van der Waals surface area contributed by atoms with Gasteiger partial charge in [0.2, 0.25) is 5.13 Å². The molecule has 1 aliphatic heterocycles. The molecule has 3 aromatic carbocycles. The number of methoxy groups -OCH3 is 2. The summed E-state index contributed by atoms with van der Waals surface area (Å²) in [6, 6.07) is 13.7. The van der Waals surface area contributed by atoms with E-state index in [9.17, 15) is 8.42 Å². The number of hydrogen-bond acceptors (Lipinski definition) is 10. The smallest absolute Gasteiger partial charge is 0.269 e. The molecule has 10 nitrogen and oxygen atoms in total. The summed E-state index contributed by atoms with van der Waals surface area (Å²) in [7, 11) is -1.78. The van der Waals surface area contributed by atoms with E-state index in [1.54, 1.807) is 18.2 Å². The van der Waals surface area contributed by atoms with Crippen LogP contribution in [0.15, 0.2) is 65.8 Å². The third kappa shape index (κ3) is 7.02. The molecule has 0 amide bonds. The normalized spacial score (nSPS) is 19.1. The number of halogens is 3. The van der Waals surface area contributed by atoms with Gasteiger partial charge in [-0.2, -0.15) is 4.37 Å². The van der Waals surface area contributed by atoms with Gasteiger partial charge < -0.3 is 23.7 Å². The van der Waals surface area contributed by atoms with Crippen molar-refractivity contribution in [2.75, 3.05) is 38.3 Å². The van der Waals surface area contributed by atoms with E-state index in [2.05, 4.69) is 9.36 Å². The summed E-state index contributed by atoms with van der Waals surface area (Å²) in [5.41, 5.74) is 1.47. The number of benzene rings is 3. The van der Waals surface area contributed by atoms with Crippen LogP contribution in [0.3, 0.4) is 0 Å². The van der Waals surface area contributed by atoms with Crippen molar-refractivity contribution in [3.8, 4) is 17.2 Å². The number of nitrogens with zero attached hydrogens (tertiary/aromatic N) is 3. The molecule has 1 saturated heterocycles. The van der Waals surface area contributed by atoms with Gasteiger partial charge in [0.05, 0.1) is 40.6 Å². The Labute approximate surface area is 280 Å². The molecule has 2 aliphatic rings. The molecule has 6 rings (SSSR count). The van der Waals surface area contributed by atoms with Gasteiger partial charge in [0.25, 0.3) is 10.0 Å². The lowest BCUT2D eigenvalue weighted by atomic mass is 9.73. The van der Waals surface area contributed by atoms with Crippen LogP contribution in [0.2, 0.25) is 5.02 Å². The molecular weight excluding hydrogens is 676 g/mol. The largest absolute Gasteiger partial charge is 0.497 e. The van der Waals surface area contributed by atoms with Gasteiger partial charge in [-0.1, -0.05) is 23.7 Å². The Kier molecular flexibility index (Phi) is 9.85. The molecule has 2 fully saturated rings. The highest BCUT2D eigenvalue weighted by Gasteiger charge is 2.46. The first-order valence-corrected chi connectivity index (χ1v) is 17.4. The zero-order valence-corrected chi connectivity index (χ0v) is 27.9. The summed E-state index contributed by atoms with van der Waals surface area (Å²) in [5.74, 6) is -2.72. The molecule has 1 spiro atoms. The van der Waals surface area contributed by atoms with Crippen LogP contribution < -0.4 is 18.5 Å². The molecule has 0 bridgehead atoms. The summed E-state index contributed by atoms with van der Waals surface area (Å²) in [5, 5.41) is 0.565. The highest BCUT2D eigenvalue weighted by atomic mass is 35.5. The fourth-order valence-electron chi connectivity index (χ4n) is 6.14. The second-order valence-electron chi connectivity index (χ2n) is 11.2. The highest BCUT2D eigenvalue weighted by molar-refractivity contribution is 7.93. The minimum atomic E-state index is -4.69. The first-order valence-electron chi connectivity index (χ1n) is 14.8. The summed E-state index contributed by atoms with van der Waals surface area (Å²) >= 11 is 6.90. The van der Waals surface area contributed by atoms with E-state index in [4.69, 9.17) is 35.3 Å². The summed E-state index contributed by atoms with van der Waals surface area (Å²) in [4.78, 5) is 3.15. The van der Waals surface area contributed by atoms with Gasteiger partial charge in [-0.3, -0.25) is 0 Å². The lowest BCUT2D eigenvalue weighted by molar-refractivity contribution is -0.192. The average molecular weight is 708 g/mol. The molecule has 2 unspecified atom stereocenters. The number of aromatic nitrogens is 2. The maximum Gasteiger partial charge on any atom is 0.269 e. The molecule has 250 valence electrons. The van der Waals surface area contributed by atoms with Crippen LogP contribution in [0, 0.1) is 17.6 Å². The number of anilines is 1. The van der Waals surface area contributed by atoms with E-state index in [-0.39, 0.29) is 30.1 Å². The van der Waals surface area contributed by atoms with Crippen LogP contribution in [0.5, 0.6) is 17.2 Å². The standard InChI is InChI=1S/C32H32ClF2N3O7S2/c1-41-24-8-5-21(28(13-24)42-2)17-38(31-36-19-37-46-31)47(39,40)30-15-26(34)29(14-27(30)35)43-18-22-16-32(44-11-12-45-32)10-9-25(22)20-3-6-23(33)7-4-20/h3-8,13-15,19,22,25H,9-12,16-18H2,1-2H3. The van der Waals surface area contributed by atoms with Gasteiger partial charge in [0.15, 0.2) is 17.4 Å². The Morgan fingerprint density at radius 1 is 1.02 bits per heavy atom. The quantitative estimate of drug-likeness (QED) is 0.171. The van der Waals surface area contributed by atoms with Crippen molar-refractivity contribution in [2.24, 2.45) is 5.92 Å². The van der Waals surface area contributed by atoms with Crippen LogP contribution in [-0.2, 0) is 26.0 Å². The first-order chi connectivity index (χ1) is 22.6. The molecule has 1 aliphatic carbocycles. The molecule has 2 heterocycles. The van der Waals surface area contributed by atoms with Crippen LogP contribution in [0.25, 0.3) is 0 Å². The maximum atomic E-state index is 15.7. The third-order valence-electron chi connectivity index (χ3n) is 8.47. The Balaban J connectivity index is 1.26. The summed E-state index contributed by atoms with van der Waals surface area (Å²) in [6.07, 6.45) is 3.07. The van der Waals surface area contributed by atoms with E-state index in [0.29, 0.717) is 54.2 Å². The van der Waals surface area contributed by atoms with Gasteiger partial charge >= 0.3 is 0 Å². The van der Waals surface area contributed by atoms with Gasteiger partial charge in [-0.05, 0) is 42.2 Å². The van der Waals surface area contributed by atoms with Crippen molar-refractivity contribution in [3.05, 3.63) is 88.7 Å². The van der Waals surface area contributed by atoms with E-state index in [1.165, 1.54) is 20.5 Å². The van der Waals surface area contributed by atoms with E-state index in [1.807, 2.05) is 24.3 Å².